The number of nitrogen functional groups attached to an aromatic ring is 1. The number of anilines is 1. The second-order valence-corrected chi connectivity index (χ2v) is 4.91. The molecule has 0 saturated heterocycles. The lowest BCUT2D eigenvalue weighted by molar-refractivity contribution is 0.623. The van der Waals surface area contributed by atoms with Gasteiger partial charge in [0.05, 0.1) is 12.9 Å². The molecule has 0 unspecified atom stereocenters. The Morgan fingerprint density at radius 3 is 2.86 bits per heavy atom. The Balaban J connectivity index is 2.09. The third-order valence-electron chi connectivity index (χ3n) is 3.10. The number of hydrogen-bond acceptors (Lipinski definition) is 5. The highest BCUT2D eigenvalue weighted by Crippen LogP contribution is 2.18. The highest BCUT2D eigenvalue weighted by molar-refractivity contribution is 7.80. The first-order valence-electron chi connectivity index (χ1n) is 6.06. The van der Waals surface area contributed by atoms with Crippen LogP contribution in [-0.2, 0) is 6.54 Å². The Bertz CT molecular complexity index is 844. The van der Waals surface area contributed by atoms with E-state index in [2.05, 4.69) is 15.0 Å². The maximum atomic E-state index is 13.5. The Hall–Kier alpha value is -2.61. The van der Waals surface area contributed by atoms with Crippen molar-refractivity contribution in [2.45, 2.75) is 6.54 Å². The monoisotopic (exact) mass is 302 g/mol. The Labute approximate surface area is 124 Å². The lowest BCUT2D eigenvalue weighted by Crippen LogP contribution is -2.14. The summed E-state index contributed by atoms with van der Waals surface area (Å²) >= 11 is 4.99. The van der Waals surface area contributed by atoms with Crippen molar-refractivity contribution in [2.24, 2.45) is 5.73 Å². The number of aromatic nitrogens is 4. The second-order valence-electron chi connectivity index (χ2n) is 4.47. The molecule has 0 aliphatic rings. The zero-order chi connectivity index (χ0) is 15.0. The number of imidazole rings is 1. The number of benzene rings is 1. The number of nitrogens with zero attached hydrogens (tertiary/aromatic N) is 4. The Morgan fingerprint density at radius 1 is 1.29 bits per heavy atom. The maximum absolute atomic E-state index is 13.5. The van der Waals surface area contributed by atoms with Gasteiger partial charge < -0.3 is 16.0 Å². The molecule has 21 heavy (non-hydrogen) atoms. The lowest BCUT2D eigenvalue weighted by atomic mass is 10.1. The summed E-state index contributed by atoms with van der Waals surface area (Å²) in [5.74, 6) is -0.0591. The molecule has 0 bridgehead atoms. The first-order valence-corrected chi connectivity index (χ1v) is 6.46. The fourth-order valence-electron chi connectivity index (χ4n) is 2.13. The minimum absolute atomic E-state index is 0.212. The van der Waals surface area contributed by atoms with Crippen molar-refractivity contribution in [1.29, 1.82) is 0 Å². The van der Waals surface area contributed by atoms with E-state index >= 15 is 0 Å². The van der Waals surface area contributed by atoms with Gasteiger partial charge in [0.1, 0.15) is 22.6 Å². The molecule has 0 atom stereocenters. The average molecular weight is 302 g/mol. The molecule has 0 radical (unpaired) electrons. The van der Waals surface area contributed by atoms with E-state index in [1.165, 1.54) is 18.5 Å². The van der Waals surface area contributed by atoms with Gasteiger partial charge in [-0.1, -0.05) is 12.2 Å². The molecule has 3 rings (SSSR count). The lowest BCUT2D eigenvalue weighted by Gasteiger charge is -2.09. The van der Waals surface area contributed by atoms with Crippen LogP contribution in [0.3, 0.4) is 0 Å². The summed E-state index contributed by atoms with van der Waals surface area (Å²) in [6, 6.07) is 4.28. The fourth-order valence-corrected chi connectivity index (χ4v) is 2.33. The molecule has 1 aromatic carbocycles. The minimum Gasteiger partial charge on any atom is -0.389 e. The number of nitrogens with two attached hydrogens (primary N) is 2. The predicted octanol–water partition coefficient (Wildman–Crippen LogP) is 1.23. The number of thiocarbonyl (C=S) groups is 1. The summed E-state index contributed by atoms with van der Waals surface area (Å²) in [7, 11) is 0. The van der Waals surface area contributed by atoms with Gasteiger partial charge in [0, 0.05) is 5.56 Å². The van der Waals surface area contributed by atoms with Crippen LogP contribution < -0.4 is 11.5 Å². The van der Waals surface area contributed by atoms with Crippen molar-refractivity contribution in [3.8, 4) is 0 Å². The van der Waals surface area contributed by atoms with E-state index in [1.54, 1.807) is 17.0 Å². The van der Waals surface area contributed by atoms with Crippen LogP contribution in [0.5, 0.6) is 0 Å². The topological polar surface area (TPSA) is 95.6 Å². The molecule has 3 aromatic rings. The Morgan fingerprint density at radius 2 is 2.10 bits per heavy atom. The summed E-state index contributed by atoms with van der Waals surface area (Å²) in [4.78, 5) is 12.4. The maximum Gasteiger partial charge on any atom is 0.165 e. The summed E-state index contributed by atoms with van der Waals surface area (Å²) < 4.78 is 15.2. The van der Waals surface area contributed by atoms with Crippen LogP contribution in [0.15, 0.2) is 30.9 Å². The summed E-state index contributed by atoms with van der Waals surface area (Å²) in [5.41, 5.74) is 13.8. The molecule has 2 heterocycles. The van der Waals surface area contributed by atoms with Gasteiger partial charge >= 0.3 is 0 Å². The van der Waals surface area contributed by atoms with Gasteiger partial charge in [0.15, 0.2) is 11.5 Å². The number of fused-ring (bicyclic) bond motifs is 1. The molecule has 0 aliphatic carbocycles. The van der Waals surface area contributed by atoms with Gasteiger partial charge in [-0.25, -0.2) is 19.3 Å². The highest BCUT2D eigenvalue weighted by atomic mass is 32.1. The molecule has 0 fully saturated rings. The second kappa shape index (κ2) is 5.06. The normalized spacial score (nSPS) is 10.9. The molecule has 0 aliphatic heterocycles. The molecule has 0 spiro atoms. The van der Waals surface area contributed by atoms with Gasteiger partial charge in [-0.05, 0) is 23.8 Å². The minimum atomic E-state index is -0.358. The zero-order valence-electron chi connectivity index (χ0n) is 10.8. The smallest absolute Gasteiger partial charge is 0.165 e. The van der Waals surface area contributed by atoms with Crippen LogP contribution in [-0.4, -0.2) is 24.5 Å². The molecular formula is C13H11FN6S. The van der Waals surface area contributed by atoms with Crippen LogP contribution in [0.1, 0.15) is 11.1 Å². The predicted molar refractivity (Wildman–Crippen MR) is 81.1 cm³/mol. The number of rotatable bonds is 3. The van der Waals surface area contributed by atoms with Gasteiger partial charge in [0.2, 0.25) is 0 Å². The Kier molecular flexibility index (Phi) is 3.22. The van der Waals surface area contributed by atoms with Gasteiger partial charge in [-0.3, -0.25) is 0 Å². The third-order valence-corrected chi connectivity index (χ3v) is 3.32. The number of hydrogen-bond donors (Lipinski definition) is 2. The van der Waals surface area contributed by atoms with Crippen LogP contribution in [0, 0.1) is 5.82 Å². The van der Waals surface area contributed by atoms with Gasteiger partial charge in [-0.2, -0.15) is 0 Å². The van der Waals surface area contributed by atoms with Gasteiger partial charge in [-0.15, -0.1) is 0 Å². The summed E-state index contributed by atoms with van der Waals surface area (Å²) in [6.45, 7) is 0.331. The molecule has 6 nitrogen and oxygen atoms in total. The molecule has 4 N–H and O–H groups in total. The zero-order valence-corrected chi connectivity index (χ0v) is 11.6. The van der Waals surface area contributed by atoms with Crippen LogP contribution >= 0.6 is 12.2 Å². The fraction of sp³-hybridized carbons (Fsp3) is 0.0769. The molecular weight excluding hydrogens is 291 g/mol. The van der Waals surface area contributed by atoms with Crippen molar-refractivity contribution in [2.75, 3.05) is 5.73 Å². The molecule has 0 saturated carbocycles. The van der Waals surface area contributed by atoms with E-state index in [0.717, 1.165) is 0 Å². The van der Waals surface area contributed by atoms with E-state index in [-0.39, 0.29) is 10.8 Å². The summed E-state index contributed by atoms with van der Waals surface area (Å²) in [5, 5.41) is 0. The van der Waals surface area contributed by atoms with Crippen LogP contribution in [0.2, 0.25) is 0 Å². The first kappa shape index (κ1) is 13.4. The molecule has 2 aromatic heterocycles. The SMILES string of the molecule is NC(=S)c1ccc(F)cc1Cn1cnc2c(N)ncnc21. The first-order chi connectivity index (χ1) is 10.1. The van der Waals surface area contributed by atoms with Crippen molar-refractivity contribution >= 4 is 34.2 Å². The van der Waals surface area contributed by atoms with Crippen molar-refractivity contribution in [1.82, 2.24) is 19.5 Å². The van der Waals surface area contributed by atoms with E-state index in [9.17, 15) is 4.39 Å². The quantitative estimate of drug-likeness (QED) is 0.707. The standard InChI is InChI=1S/C13H11FN6S/c14-8-1-2-9(12(16)21)7(3-8)4-20-6-19-10-11(15)17-5-18-13(10)20/h1-3,5-6H,4H2,(H2,16,21)(H2,15,17,18). The summed E-state index contributed by atoms with van der Waals surface area (Å²) in [6.07, 6.45) is 2.93. The third kappa shape index (κ3) is 2.40. The van der Waals surface area contributed by atoms with Crippen LogP contribution in [0.4, 0.5) is 10.2 Å². The van der Waals surface area contributed by atoms with Crippen molar-refractivity contribution in [3.05, 3.63) is 47.8 Å². The van der Waals surface area contributed by atoms with Crippen molar-refractivity contribution in [3.63, 3.8) is 0 Å². The van der Waals surface area contributed by atoms with E-state index in [4.69, 9.17) is 23.7 Å². The van der Waals surface area contributed by atoms with Crippen molar-refractivity contribution < 1.29 is 4.39 Å². The number of halogens is 1. The average Bonchev–Trinajstić information content (AvgIpc) is 2.83. The largest absolute Gasteiger partial charge is 0.389 e. The molecule has 0 amide bonds. The van der Waals surface area contributed by atoms with E-state index < -0.39 is 0 Å². The highest BCUT2D eigenvalue weighted by Gasteiger charge is 2.12. The van der Waals surface area contributed by atoms with Gasteiger partial charge in [0.25, 0.3) is 0 Å². The molecule has 8 heteroatoms. The van der Waals surface area contributed by atoms with E-state index in [1.807, 2.05) is 0 Å². The molecule has 106 valence electrons. The van der Waals surface area contributed by atoms with E-state index in [0.29, 0.717) is 34.7 Å². The van der Waals surface area contributed by atoms with Crippen LogP contribution in [0.25, 0.3) is 11.2 Å².